The van der Waals surface area contributed by atoms with E-state index in [-0.39, 0.29) is 0 Å². The number of methoxy groups -OCH3 is 1. The highest BCUT2D eigenvalue weighted by Gasteiger charge is 2.35. The number of hydrogen-bond acceptors (Lipinski definition) is 5. The average molecular weight is 298 g/mol. The minimum Gasteiger partial charge on any atom is -0.505 e. The minimum absolute atomic E-state index is 0.456. The van der Waals surface area contributed by atoms with Crippen LogP contribution < -0.4 is 4.74 Å². The van der Waals surface area contributed by atoms with Crippen LogP contribution in [0.5, 0.6) is 5.75 Å². The maximum absolute atomic E-state index is 11.2. The maximum atomic E-state index is 11.2. The van der Waals surface area contributed by atoms with E-state index in [4.69, 9.17) is 9.47 Å². The fraction of sp³-hybridized carbons (Fsp3) is 0.118. The molecule has 22 heavy (non-hydrogen) atoms. The molecule has 0 saturated carbocycles. The normalized spacial score (nSPS) is 17.5. The van der Waals surface area contributed by atoms with Crippen molar-refractivity contribution in [1.29, 1.82) is 0 Å². The van der Waals surface area contributed by atoms with Gasteiger partial charge in [0.2, 0.25) is 5.76 Å². The molecule has 1 unspecified atom stereocenters. The van der Waals surface area contributed by atoms with E-state index in [2.05, 4.69) is 0 Å². The van der Waals surface area contributed by atoms with Crippen LogP contribution in [0.4, 0.5) is 0 Å². The summed E-state index contributed by atoms with van der Waals surface area (Å²) in [6.45, 7) is 0. The van der Waals surface area contributed by atoms with Crippen LogP contribution in [-0.4, -0.2) is 23.3 Å². The van der Waals surface area contributed by atoms with Crippen LogP contribution in [0.1, 0.15) is 11.7 Å². The summed E-state index contributed by atoms with van der Waals surface area (Å²) in [5.41, 5.74) is 2.58. The zero-order valence-corrected chi connectivity index (χ0v) is 11.8. The second-order valence-electron chi connectivity index (χ2n) is 4.87. The maximum Gasteiger partial charge on any atom is 0.378 e. The molecule has 1 aliphatic heterocycles. The molecule has 2 aromatic carbocycles. The van der Waals surface area contributed by atoms with E-state index in [1.54, 1.807) is 19.2 Å². The Labute approximate surface area is 127 Å². The van der Waals surface area contributed by atoms with Crippen molar-refractivity contribution < 1.29 is 24.5 Å². The smallest absolute Gasteiger partial charge is 0.378 e. The number of hydrogen-bond donors (Lipinski definition) is 2. The third kappa shape index (κ3) is 2.37. The van der Waals surface area contributed by atoms with Crippen molar-refractivity contribution in [3.63, 3.8) is 0 Å². The Morgan fingerprint density at radius 1 is 0.955 bits per heavy atom. The Hall–Kier alpha value is -2.95. The fourth-order valence-electron chi connectivity index (χ4n) is 2.31. The average Bonchev–Trinajstić information content (AvgIpc) is 2.83. The zero-order valence-electron chi connectivity index (χ0n) is 11.8. The second kappa shape index (κ2) is 5.44. The SMILES string of the molecule is COc1ccc(-c2ccc(C3OC(=O)C(O)=C3O)cc2)cc1. The van der Waals surface area contributed by atoms with Gasteiger partial charge in [-0.3, -0.25) is 0 Å². The number of cyclic esters (lactones) is 1. The summed E-state index contributed by atoms with van der Waals surface area (Å²) in [4.78, 5) is 11.2. The lowest BCUT2D eigenvalue weighted by atomic mass is 10.0. The molecule has 5 heteroatoms. The number of aliphatic hydroxyl groups is 2. The van der Waals surface area contributed by atoms with E-state index in [0.29, 0.717) is 5.56 Å². The molecular weight excluding hydrogens is 284 g/mol. The molecule has 3 rings (SSSR count). The van der Waals surface area contributed by atoms with Crippen LogP contribution in [-0.2, 0) is 9.53 Å². The molecular formula is C17H14O5. The molecule has 0 bridgehead atoms. The van der Waals surface area contributed by atoms with Crippen LogP contribution in [0.15, 0.2) is 60.0 Å². The number of aliphatic hydroxyl groups excluding tert-OH is 2. The van der Waals surface area contributed by atoms with Crippen molar-refractivity contribution in [3.05, 3.63) is 65.6 Å². The van der Waals surface area contributed by atoms with Crippen LogP contribution in [0, 0.1) is 0 Å². The molecule has 112 valence electrons. The summed E-state index contributed by atoms with van der Waals surface area (Å²) < 4.78 is 10.0. The lowest BCUT2D eigenvalue weighted by Gasteiger charge is -2.11. The highest BCUT2D eigenvalue weighted by atomic mass is 16.6. The van der Waals surface area contributed by atoms with E-state index in [9.17, 15) is 15.0 Å². The van der Waals surface area contributed by atoms with Crippen molar-refractivity contribution >= 4 is 5.97 Å². The monoisotopic (exact) mass is 298 g/mol. The predicted octanol–water partition coefficient (Wildman–Crippen LogP) is 3.29. The van der Waals surface area contributed by atoms with Crippen molar-refractivity contribution in [3.8, 4) is 16.9 Å². The van der Waals surface area contributed by atoms with Gasteiger partial charge >= 0.3 is 5.97 Å². The molecule has 2 aromatic rings. The first-order valence-electron chi connectivity index (χ1n) is 6.67. The van der Waals surface area contributed by atoms with Gasteiger partial charge in [0.1, 0.15) is 5.75 Å². The zero-order chi connectivity index (χ0) is 15.7. The van der Waals surface area contributed by atoms with E-state index in [1.807, 2.05) is 36.4 Å². The molecule has 0 amide bonds. The number of carbonyl (C=O) groups excluding carboxylic acids is 1. The van der Waals surface area contributed by atoms with E-state index in [0.717, 1.165) is 16.9 Å². The number of ether oxygens (including phenoxy) is 2. The van der Waals surface area contributed by atoms with Gasteiger partial charge in [0, 0.05) is 5.56 Å². The molecule has 0 aliphatic carbocycles. The Kier molecular flexibility index (Phi) is 3.47. The van der Waals surface area contributed by atoms with E-state index < -0.39 is 23.6 Å². The Morgan fingerprint density at radius 3 is 1.95 bits per heavy atom. The highest BCUT2D eigenvalue weighted by molar-refractivity contribution is 5.89. The summed E-state index contributed by atoms with van der Waals surface area (Å²) in [6, 6.07) is 14.8. The Balaban J connectivity index is 1.85. The van der Waals surface area contributed by atoms with E-state index >= 15 is 0 Å². The molecule has 1 heterocycles. The number of benzene rings is 2. The van der Waals surface area contributed by atoms with Crippen LogP contribution in [0.25, 0.3) is 11.1 Å². The Morgan fingerprint density at radius 2 is 1.50 bits per heavy atom. The van der Waals surface area contributed by atoms with Gasteiger partial charge < -0.3 is 19.7 Å². The summed E-state index contributed by atoms with van der Waals surface area (Å²) in [6.07, 6.45) is -0.947. The second-order valence-corrected chi connectivity index (χ2v) is 4.87. The molecule has 1 aliphatic rings. The molecule has 2 N–H and O–H groups in total. The predicted molar refractivity (Wildman–Crippen MR) is 79.5 cm³/mol. The number of esters is 1. The van der Waals surface area contributed by atoms with Crippen LogP contribution >= 0.6 is 0 Å². The molecule has 0 radical (unpaired) electrons. The van der Waals surface area contributed by atoms with Gasteiger partial charge in [-0.25, -0.2) is 4.79 Å². The third-order valence-corrected chi connectivity index (χ3v) is 3.55. The molecule has 1 atom stereocenters. The van der Waals surface area contributed by atoms with Crippen LogP contribution in [0.3, 0.4) is 0 Å². The van der Waals surface area contributed by atoms with Gasteiger partial charge in [0.05, 0.1) is 7.11 Å². The topological polar surface area (TPSA) is 76.0 Å². The first kappa shape index (κ1) is 14.0. The van der Waals surface area contributed by atoms with Gasteiger partial charge in [-0.15, -0.1) is 0 Å². The molecule has 0 saturated heterocycles. The quantitative estimate of drug-likeness (QED) is 0.850. The molecule has 5 nitrogen and oxygen atoms in total. The summed E-state index contributed by atoms with van der Waals surface area (Å²) in [5.74, 6) is -1.32. The lowest BCUT2D eigenvalue weighted by Crippen LogP contribution is -2.03. The lowest BCUT2D eigenvalue weighted by molar-refractivity contribution is -0.142. The summed E-state index contributed by atoms with van der Waals surface area (Å²) >= 11 is 0. The minimum atomic E-state index is -0.947. The summed E-state index contributed by atoms with van der Waals surface area (Å²) in [5, 5.41) is 19.0. The molecule has 0 spiro atoms. The first-order valence-corrected chi connectivity index (χ1v) is 6.67. The number of rotatable bonds is 3. The van der Waals surface area contributed by atoms with Gasteiger partial charge in [0.25, 0.3) is 0 Å². The number of carbonyl (C=O) groups is 1. The van der Waals surface area contributed by atoms with Gasteiger partial charge in [-0.1, -0.05) is 36.4 Å². The van der Waals surface area contributed by atoms with Crippen molar-refractivity contribution in [2.45, 2.75) is 6.10 Å². The highest BCUT2D eigenvalue weighted by Crippen LogP contribution is 2.33. The van der Waals surface area contributed by atoms with Crippen molar-refractivity contribution in [1.82, 2.24) is 0 Å². The van der Waals surface area contributed by atoms with Crippen molar-refractivity contribution in [2.75, 3.05) is 7.11 Å². The van der Waals surface area contributed by atoms with Gasteiger partial charge in [-0.2, -0.15) is 0 Å². The fourth-order valence-corrected chi connectivity index (χ4v) is 2.31. The van der Waals surface area contributed by atoms with Gasteiger partial charge in [-0.05, 0) is 23.3 Å². The standard InChI is InChI=1S/C17H14O5/c1-21-13-8-6-11(7-9-13)10-2-4-12(5-3-10)16-14(18)15(19)17(20)22-16/h2-9,16,18-19H,1H3. The third-order valence-electron chi connectivity index (χ3n) is 3.55. The largest absolute Gasteiger partial charge is 0.505 e. The Bertz CT molecular complexity index is 729. The molecule has 0 fully saturated rings. The first-order chi connectivity index (χ1) is 10.6. The molecule has 0 aromatic heterocycles. The van der Waals surface area contributed by atoms with E-state index in [1.165, 1.54) is 0 Å². The van der Waals surface area contributed by atoms with Crippen molar-refractivity contribution in [2.24, 2.45) is 0 Å². The van der Waals surface area contributed by atoms with Gasteiger partial charge in [0.15, 0.2) is 11.9 Å². The van der Waals surface area contributed by atoms with Crippen LogP contribution in [0.2, 0.25) is 0 Å². The summed E-state index contributed by atoms with van der Waals surface area (Å²) in [7, 11) is 1.61.